The number of fused-ring (bicyclic) bond motifs is 6. The number of aromatic nitrogens is 3. The first-order valence-corrected chi connectivity index (χ1v) is 23.1. The lowest BCUT2D eigenvalue weighted by Gasteiger charge is -2.41. The summed E-state index contributed by atoms with van der Waals surface area (Å²) in [6, 6.07) is 0. The van der Waals surface area contributed by atoms with Gasteiger partial charge < -0.3 is 57.7 Å². The summed E-state index contributed by atoms with van der Waals surface area (Å²) in [6.07, 6.45) is -1.42. The van der Waals surface area contributed by atoms with Crippen molar-refractivity contribution in [1.29, 1.82) is 0 Å². The SMILES string of the molecule is COC(=O)CCC1=C(CC(=O)OC)C2(Cc3[nH]c(c(CC(=O)OC)c3CCC(=O)OC)Cc3[nH]c(c(CC(=O)OC)c3CCC(=O)OC)Cc3[nH]c(c(CC(=O)OC)c3CCC(=O)OC)C2)N(C(C)=O)C1. The van der Waals surface area contributed by atoms with Crippen LogP contribution in [0, 0.1) is 0 Å². The summed E-state index contributed by atoms with van der Waals surface area (Å²) in [5.41, 5.74) is 5.59. The molecule has 3 aromatic rings. The predicted octanol–water partition coefficient (Wildman–Crippen LogP) is 2.83. The molecule has 71 heavy (non-hydrogen) atoms. The molecule has 3 N–H and O–H groups in total. The third-order valence-electron chi connectivity index (χ3n) is 13.5. The van der Waals surface area contributed by atoms with E-state index in [0.29, 0.717) is 78.7 Å². The average Bonchev–Trinajstić information content (AvgIpc) is 4.05. The van der Waals surface area contributed by atoms with Gasteiger partial charge in [0.25, 0.3) is 0 Å². The van der Waals surface area contributed by atoms with E-state index in [-0.39, 0.29) is 109 Å². The Morgan fingerprint density at radius 3 is 1.07 bits per heavy atom. The third-order valence-corrected chi connectivity index (χ3v) is 13.5. The van der Waals surface area contributed by atoms with Crippen LogP contribution in [0.15, 0.2) is 11.1 Å². The second-order valence-corrected chi connectivity index (χ2v) is 17.4. The van der Waals surface area contributed by atoms with Crippen molar-refractivity contribution in [2.24, 2.45) is 0 Å². The average molecular weight is 993 g/mol. The Hall–Kier alpha value is -7.19. The van der Waals surface area contributed by atoms with Crippen molar-refractivity contribution in [2.45, 2.75) is 115 Å². The van der Waals surface area contributed by atoms with E-state index in [1.165, 1.54) is 63.8 Å². The quantitative estimate of drug-likeness (QED) is 0.0834. The zero-order valence-electron chi connectivity index (χ0n) is 41.9. The fraction of sp³-hybridized carbons (Fsp3) is 0.540. The van der Waals surface area contributed by atoms with Crippen LogP contribution in [-0.2, 0) is 145 Å². The van der Waals surface area contributed by atoms with Gasteiger partial charge in [-0.05, 0) is 70.2 Å². The van der Waals surface area contributed by atoms with Crippen molar-refractivity contribution in [3.63, 3.8) is 0 Å². The zero-order valence-corrected chi connectivity index (χ0v) is 41.9. The third kappa shape index (κ3) is 12.8. The molecule has 5 heterocycles. The zero-order chi connectivity index (χ0) is 52.2. The van der Waals surface area contributed by atoms with E-state index in [2.05, 4.69) is 15.0 Å². The van der Waals surface area contributed by atoms with E-state index in [9.17, 15) is 43.2 Å². The number of nitrogens with zero attached hydrogens (tertiary/aromatic N) is 1. The molecule has 5 rings (SSSR count). The molecule has 0 saturated carbocycles. The van der Waals surface area contributed by atoms with E-state index >= 15 is 0 Å². The maximum absolute atomic E-state index is 14.4. The summed E-state index contributed by atoms with van der Waals surface area (Å²) in [5.74, 6) is -5.02. The molecule has 3 aromatic heterocycles. The van der Waals surface area contributed by atoms with Gasteiger partial charge in [0.15, 0.2) is 0 Å². The monoisotopic (exact) mass is 992 g/mol. The standard InChI is InChI=1S/C50H64N4O17/c1-27(55)54-26-28(10-14-42(56)64-2)35(21-49(63)71-9)50(54)24-40-31(13-17-45(59)67-5)33(19-47(61)69-7)39(53-40)22-36-29(11-15-43(57)65-3)32(18-46(60)68-6)38(51-36)23-37-30(12-16-44(58)66-4)34(20-48(62)70-8)41(25-50)52-37/h51-53H,10-26H2,1-9H3. The van der Waals surface area contributed by atoms with Crippen LogP contribution in [0.4, 0.5) is 0 Å². The van der Waals surface area contributed by atoms with E-state index in [1.807, 2.05) is 0 Å². The number of nitrogens with one attached hydrogen (secondary N) is 3. The van der Waals surface area contributed by atoms with Crippen LogP contribution in [0.5, 0.6) is 0 Å². The van der Waals surface area contributed by atoms with Gasteiger partial charge in [-0.25, -0.2) is 0 Å². The summed E-state index contributed by atoms with van der Waals surface area (Å²) < 4.78 is 41.0. The van der Waals surface area contributed by atoms with Crippen LogP contribution in [0.3, 0.4) is 0 Å². The molecule has 0 radical (unpaired) electrons. The Morgan fingerprint density at radius 2 is 0.704 bits per heavy atom. The van der Waals surface area contributed by atoms with Crippen molar-refractivity contribution in [2.75, 3.05) is 63.4 Å². The van der Waals surface area contributed by atoms with Crippen LogP contribution in [-0.4, -0.2) is 142 Å². The Bertz CT molecular complexity index is 2580. The maximum Gasteiger partial charge on any atom is 0.310 e. The second kappa shape index (κ2) is 24.6. The molecule has 21 heteroatoms. The minimum atomic E-state index is -1.51. The Morgan fingerprint density at radius 1 is 0.408 bits per heavy atom. The van der Waals surface area contributed by atoms with Crippen LogP contribution in [0.25, 0.3) is 0 Å². The maximum atomic E-state index is 14.4. The molecule has 0 saturated heterocycles. The second-order valence-electron chi connectivity index (χ2n) is 17.4. The van der Waals surface area contributed by atoms with Gasteiger partial charge in [-0.15, -0.1) is 0 Å². The number of ether oxygens (including phenoxy) is 8. The lowest BCUT2D eigenvalue weighted by Crippen LogP contribution is -2.53. The predicted molar refractivity (Wildman–Crippen MR) is 249 cm³/mol. The summed E-state index contributed by atoms with van der Waals surface area (Å²) in [4.78, 5) is 132. The number of rotatable bonds is 20. The molecule has 1 atom stereocenters. The van der Waals surface area contributed by atoms with Crippen molar-refractivity contribution >= 4 is 53.7 Å². The Labute approximate surface area is 410 Å². The van der Waals surface area contributed by atoms with Gasteiger partial charge in [-0.1, -0.05) is 0 Å². The van der Waals surface area contributed by atoms with Gasteiger partial charge in [-0.3, -0.25) is 43.2 Å². The number of carbonyl (C=O) groups excluding carboxylic acids is 9. The molecule has 0 aliphatic carbocycles. The van der Waals surface area contributed by atoms with Crippen molar-refractivity contribution < 1.29 is 81.0 Å². The van der Waals surface area contributed by atoms with Crippen LogP contribution in [0.2, 0.25) is 0 Å². The van der Waals surface area contributed by atoms with Gasteiger partial charge in [0.1, 0.15) is 0 Å². The van der Waals surface area contributed by atoms with Crippen LogP contribution in [0.1, 0.15) is 113 Å². The summed E-state index contributed by atoms with van der Waals surface area (Å²) in [5, 5.41) is 0. The fourth-order valence-electron chi connectivity index (χ4n) is 10.0. The van der Waals surface area contributed by atoms with E-state index in [0.717, 1.165) is 0 Å². The topological polar surface area (TPSA) is 278 Å². The molecular weight excluding hydrogens is 929 g/mol. The van der Waals surface area contributed by atoms with Gasteiger partial charge in [0.05, 0.1) is 88.1 Å². The smallest absolute Gasteiger partial charge is 0.310 e. The fourth-order valence-corrected chi connectivity index (χ4v) is 10.0. The first-order valence-electron chi connectivity index (χ1n) is 23.1. The number of esters is 8. The molecule has 2 aliphatic rings. The molecular formula is C50H64N4O17. The molecule has 1 amide bonds. The summed E-state index contributed by atoms with van der Waals surface area (Å²) in [7, 11) is 9.99. The molecule has 0 fully saturated rings. The summed E-state index contributed by atoms with van der Waals surface area (Å²) >= 11 is 0. The lowest BCUT2D eigenvalue weighted by molar-refractivity contribution is -0.141. The molecule has 1 spiro atoms. The minimum Gasteiger partial charge on any atom is -0.469 e. The minimum absolute atomic E-state index is 0.0298. The molecule has 0 aromatic carbocycles. The molecule has 21 nitrogen and oxygen atoms in total. The van der Waals surface area contributed by atoms with Gasteiger partial charge in [-0.2, -0.15) is 0 Å². The first-order chi connectivity index (χ1) is 33.9. The van der Waals surface area contributed by atoms with Crippen LogP contribution >= 0.6 is 0 Å². The van der Waals surface area contributed by atoms with Crippen molar-refractivity contribution in [1.82, 2.24) is 19.9 Å². The van der Waals surface area contributed by atoms with Gasteiger partial charge >= 0.3 is 47.8 Å². The van der Waals surface area contributed by atoms with E-state index in [1.54, 1.807) is 4.90 Å². The number of hydrogen-bond acceptors (Lipinski definition) is 17. The number of hydrogen-bond donors (Lipinski definition) is 3. The highest BCUT2D eigenvalue weighted by atomic mass is 16.5. The molecule has 6 bridgehead atoms. The van der Waals surface area contributed by atoms with Crippen molar-refractivity contribution in [3.8, 4) is 0 Å². The number of methoxy groups -OCH3 is 8. The first kappa shape index (κ1) is 54.7. The van der Waals surface area contributed by atoms with E-state index < -0.39 is 59.2 Å². The largest absolute Gasteiger partial charge is 0.469 e. The van der Waals surface area contributed by atoms with Crippen molar-refractivity contribution in [3.05, 3.63) is 78.7 Å². The van der Waals surface area contributed by atoms with Gasteiger partial charge in [0.2, 0.25) is 5.91 Å². The molecule has 2 aliphatic heterocycles. The number of H-pyrrole nitrogens is 3. The van der Waals surface area contributed by atoms with Crippen LogP contribution < -0.4 is 0 Å². The highest BCUT2D eigenvalue weighted by Gasteiger charge is 2.50. The lowest BCUT2D eigenvalue weighted by atomic mass is 9.76. The molecule has 1 unspecified atom stereocenters. The Kier molecular flexibility index (Phi) is 19.0. The highest BCUT2D eigenvalue weighted by molar-refractivity contribution is 5.81. The summed E-state index contributed by atoms with van der Waals surface area (Å²) in [6.45, 7) is 1.35. The number of aromatic amines is 3. The van der Waals surface area contributed by atoms with Gasteiger partial charge in [0, 0.05) is 99.0 Å². The Balaban J connectivity index is 2.02. The number of carbonyl (C=O) groups is 9. The van der Waals surface area contributed by atoms with E-state index in [4.69, 9.17) is 37.9 Å². The normalized spacial score (nSPS) is 15.1. The highest BCUT2D eigenvalue weighted by Crippen LogP contribution is 2.46. The molecule has 386 valence electrons. The number of amides is 1.